The predicted octanol–water partition coefficient (Wildman–Crippen LogP) is 17.3. The molecule has 310 valence electrons. The first kappa shape index (κ1) is 51.0. The molecule has 1 aliphatic carbocycles. The lowest BCUT2D eigenvalue weighted by Gasteiger charge is -2.16. The van der Waals surface area contributed by atoms with Crippen molar-refractivity contribution < 1.29 is 9.59 Å². The van der Waals surface area contributed by atoms with E-state index in [0.717, 1.165) is 83.5 Å². The molecule has 0 radical (unpaired) electrons. The zero-order valence-corrected chi connectivity index (χ0v) is 39.5. The van der Waals surface area contributed by atoms with Crippen molar-refractivity contribution in [3.8, 4) is 0 Å². The molecule has 1 aliphatic rings. The van der Waals surface area contributed by atoms with Crippen molar-refractivity contribution in [3.63, 3.8) is 0 Å². The van der Waals surface area contributed by atoms with Crippen LogP contribution in [0.2, 0.25) is 0 Å². The largest absolute Gasteiger partial charge is 0.289 e. The Morgan fingerprint density at radius 2 is 0.607 bits per heavy atom. The number of hydrogen-bond acceptors (Lipinski definition) is 2. The van der Waals surface area contributed by atoms with Gasteiger partial charge in [0.2, 0.25) is 0 Å². The van der Waals surface area contributed by atoms with E-state index in [1.54, 1.807) is 13.8 Å². The van der Waals surface area contributed by atoms with Crippen LogP contribution in [-0.4, -0.2) is 11.6 Å². The minimum absolute atomic E-state index is 0.0213. The van der Waals surface area contributed by atoms with Gasteiger partial charge in [-0.2, -0.15) is 0 Å². The number of hydrogen-bond donors (Lipinski definition) is 0. The van der Waals surface area contributed by atoms with Crippen molar-refractivity contribution in [2.24, 2.45) is 0 Å². The molecule has 0 amide bonds. The molecule has 0 unspecified atom stereocenters. The molecule has 0 atom stereocenters. The zero-order valence-electron chi connectivity index (χ0n) is 37.9. The van der Waals surface area contributed by atoms with Crippen LogP contribution in [0.4, 0.5) is 0 Å². The first-order valence-electron chi connectivity index (χ1n) is 21.6. The van der Waals surface area contributed by atoms with Crippen LogP contribution in [0.15, 0.2) is 126 Å². The Labute approximate surface area is 353 Å². The molecule has 0 heterocycles. The number of ketones is 2. The molecule has 0 N–H and O–H groups in total. The third-order valence-electron chi connectivity index (χ3n) is 10.9. The van der Waals surface area contributed by atoms with Gasteiger partial charge in [-0.25, -0.2) is 0 Å². The zero-order chi connectivity index (χ0) is 42.0. The molecule has 0 bridgehead atoms. The van der Waals surface area contributed by atoms with Gasteiger partial charge >= 0.3 is 0 Å². The summed E-state index contributed by atoms with van der Waals surface area (Å²) in [6.07, 6.45) is 39.8. The average Bonchev–Trinajstić information content (AvgIpc) is 3.13. The summed E-state index contributed by atoms with van der Waals surface area (Å²) in [5, 5.41) is 0. The number of carbonyl (C=O) groups excluding carboxylic acids is 2. The van der Waals surface area contributed by atoms with Gasteiger partial charge in [-0.15, -0.1) is 0 Å². The van der Waals surface area contributed by atoms with E-state index in [4.69, 9.17) is 0 Å². The highest BCUT2D eigenvalue weighted by Crippen LogP contribution is 2.30. The van der Waals surface area contributed by atoms with Crippen LogP contribution in [0.3, 0.4) is 0 Å². The Bertz CT molecular complexity index is 1650. The predicted molar refractivity (Wildman–Crippen MR) is 252 cm³/mol. The number of Topliss-reactive ketones (excluding diaryl/α,β-unsaturated/α-hetero) is 2. The molecular formula is C53H79BrO2. The number of carbonyl (C=O) groups is 2. The highest BCUT2D eigenvalue weighted by Gasteiger charge is 2.28. The molecule has 0 aromatic heterocycles. The standard InChI is InChI=1S/C53H79BrO2/c1-39(2)21-13-22-40(3)23-14-24-41(4)25-15-26-42(5)27-16-28-43(6)29-17-30-44(7)31-18-32-45(8)33-19-34-46(9)35-20-36-47(10)37-38-50-51(54)53(56)49(12)48(11)52(50)55/h21,23,25,27,29,31,33,35,37H,13-20,22,24,26,28,30,32,34,36,38H2,1-12H3/b40-23+,41-25+,42-27+,43-29+,44-31+,45-33+,46-35+,47-37+. The van der Waals surface area contributed by atoms with Crippen LogP contribution >= 0.6 is 15.9 Å². The average molecular weight is 828 g/mol. The molecule has 56 heavy (non-hydrogen) atoms. The Morgan fingerprint density at radius 3 is 0.875 bits per heavy atom. The van der Waals surface area contributed by atoms with E-state index in [9.17, 15) is 9.59 Å². The minimum atomic E-state index is -0.0723. The maximum Gasteiger partial charge on any atom is 0.196 e. The molecule has 0 aromatic carbocycles. The second-order valence-electron chi connectivity index (χ2n) is 16.9. The van der Waals surface area contributed by atoms with Gasteiger partial charge in [-0.3, -0.25) is 9.59 Å². The summed E-state index contributed by atoms with van der Waals surface area (Å²) in [7, 11) is 0. The van der Waals surface area contributed by atoms with E-state index in [-0.39, 0.29) is 11.6 Å². The van der Waals surface area contributed by atoms with E-state index in [2.05, 4.69) is 140 Å². The summed E-state index contributed by atoms with van der Waals surface area (Å²) in [6.45, 7) is 25.9. The Hall–Kier alpha value is -3.04. The lowest BCUT2D eigenvalue weighted by atomic mass is 9.89. The topological polar surface area (TPSA) is 34.1 Å². The second kappa shape index (κ2) is 29.2. The van der Waals surface area contributed by atoms with Gasteiger partial charge < -0.3 is 0 Å². The molecule has 0 fully saturated rings. The normalized spacial score (nSPS) is 16.2. The van der Waals surface area contributed by atoms with Crippen molar-refractivity contribution in [3.05, 3.63) is 126 Å². The fourth-order valence-corrected chi connectivity index (χ4v) is 7.29. The monoisotopic (exact) mass is 827 g/mol. The first-order chi connectivity index (χ1) is 26.5. The van der Waals surface area contributed by atoms with E-state index in [1.807, 2.05) is 0 Å². The quantitative estimate of drug-likeness (QED) is 0.0643. The molecule has 0 aromatic rings. The van der Waals surface area contributed by atoms with Crippen molar-refractivity contribution in [2.45, 2.75) is 192 Å². The van der Waals surface area contributed by atoms with Crippen LogP contribution in [-0.2, 0) is 9.59 Å². The molecule has 0 aliphatic heterocycles. The molecule has 2 nitrogen and oxygen atoms in total. The van der Waals surface area contributed by atoms with Crippen LogP contribution in [0.25, 0.3) is 0 Å². The van der Waals surface area contributed by atoms with Gasteiger partial charge in [-0.1, -0.05) is 105 Å². The van der Waals surface area contributed by atoms with Gasteiger partial charge in [0.05, 0.1) is 4.48 Å². The molecular weight excluding hydrogens is 748 g/mol. The van der Waals surface area contributed by atoms with Crippen LogP contribution in [0.5, 0.6) is 0 Å². The molecule has 0 saturated carbocycles. The SMILES string of the molecule is CC(C)=CCC/C(C)=C/CC/C(C)=C/CC/C(C)=C/CC/C(C)=C/CC/C(C)=C/CC/C(C)=C/CC/C(C)=C/CC/C(C)=C/CC1=C(Br)C(=O)C(C)=C(C)C1=O. The van der Waals surface area contributed by atoms with Crippen molar-refractivity contribution in [1.29, 1.82) is 0 Å². The fourth-order valence-electron chi connectivity index (χ4n) is 6.66. The number of halogens is 1. The maximum absolute atomic E-state index is 12.7. The van der Waals surface area contributed by atoms with Crippen LogP contribution < -0.4 is 0 Å². The summed E-state index contributed by atoms with van der Waals surface area (Å²) < 4.78 is 0.420. The van der Waals surface area contributed by atoms with Crippen molar-refractivity contribution >= 4 is 27.5 Å². The molecule has 0 spiro atoms. The van der Waals surface area contributed by atoms with Gasteiger partial charge in [0.25, 0.3) is 0 Å². The first-order valence-corrected chi connectivity index (χ1v) is 22.3. The van der Waals surface area contributed by atoms with Gasteiger partial charge in [0.1, 0.15) is 0 Å². The number of allylic oxidation sites excluding steroid dienone is 22. The summed E-state index contributed by atoms with van der Waals surface area (Å²) in [5.74, 6) is -0.0936. The maximum atomic E-state index is 12.7. The smallest absolute Gasteiger partial charge is 0.196 e. The fraction of sp³-hybridized carbons (Fsp3) is 0.547. The van der Waals surface area contributed by atoms with Gasteiger partial charge in [0.15, 0.2) is 11.6 Å². The van der Waals surface area contributed by atoms with E-state index < -0.39 is 0 Å². The summed E-state index contributed by atoms with van der Waals surface area (Å²) in [5.41, 5.74) is 14.8. The third kappa shape index (κ3) is 23.3. The highest BCUT2D eigenvalue weighted by atomic mass is 79.9. The second-order valence-corrected chi connectivity index (χ2v) is 17.7. The third-order valence-corrected chi connectivity index (χ3v) is 11.8. The molecule has 1 rings (SSSR count). The van der Waals surface area contributed by atoms with Crippen LogP contribution in [0, 0.1) is 0 Å². The lowest BCUT2D eigenvalue weighted by molar-refractivity contribution is -0.116. The minimum Gasteiger partial charge on any atom is -0.289 e. The van der Waals surface area contributed by atoms with Crippen LogP contribution in [0.1, 0.15) is 192 Å². The Kier molecular flexibility index (Phi) is 26.6. The number of rotatable bonds is 26. The Morgan fingerprint density at radius 1 is 0.375 bits per heavy atom. The van der Waals surface area contributed by atoms with E-state index in [0.29, 0.717) is 27.6 Å². The van der Waals surface area contributed by atoms with Crippen molar-refractivity contribution in [2.75, 3.05) is 0 Å². The summed E-state index contributed by atoms with van der Waals surface area (Å²) in [4.78, 5) is 25.1. The molecule has 3 heteroatoms. The van der Waals surface area contributed by atoms with Crippen molar-refractivity contribution in [1.82, 2.24) is 0 Å². The lowest BCUT2D eigenvalue weighted by Crippen LogP contribution is -2.19. The molecule has 0 saturated heterocycles. The van der Waals surface area contributed by atoms with E-state index >= 15 is 0 Å². The van der Waals surface area contributed by atoms with Gasteiger partial charge in [0, 0.05) is 16.7 Å². The highest BCUT2D eigenvalue weighted by molar-refractivity contribution is 9.12. The van der Waals surface area contributed by atoms with Gasteiger partial charge in [-0.05, 0) is 208 Å². The summed E-state index contributed by atoms with van der Waals surface area (Å²) >= 11 is 3.37. The van der Waals surface area contributed by atoms with E-state index in [1.165, 1.54) is 69.4 Å². The Balaban J connectivity index is 2.29. The summed E-state index contributed by atoms with van der Waals surface area (Å²) in [6, 6.07) is 0.